The highest BCUT2D eigenvalue weighted by Crippen LogP contribution is 2.27. The van der Waals surface area contributed by atoms with Crippen molar-refractivity contribution in [3.05, 3.63) is 77.4 Å². The fraction of sp³-hybridized carbons (Fsp3) is 0.136. The van der Waals surface area contributed by atoms with Gasteiger partial charge in [-0.3, -0.25) is 5.43 Å². The molecule has 3 rings (SSSR count). The van der Waals surface area contributed by atoms with E-state index in [1.165, 1.54) is 0 Å². The van der Waals surface area contributed by atoms with E-state index in [2.05, 4.69) is 15.8 Å². The van der Waals surface area contributed by atoms with Crippen LogP contribution in [-0.4, -0.2) is 23.8 Å². The lowest BCUT2D eigenvalue weighted by molar-refractivity contribution is 0.0734. The number of esters is 1. The summed E-state index contributed by atoms with van der Waals surface area (Å²) < 4.78 is 5.69. The summed E-state index contributed by atoms with van der Waals surface area (Å²) in [6.45, 7) is 4.59. The highest BCUT2D eigenvalue weighted by molar-refractivity contribution is 7.80. The number of rotatable bonds is 5. The Hall–Kier alpha value is -3.25. The standard InChI is InChI=1S/C22H21N3O2S/c1-3-23-22(28)25-24-14-19-18-10-5-4-8-16(18)11-12-20(19)27-21(26)17-9-6-7-15(2)13-17/h4-14H,3H2,1-2H3,(H2,23,25,28)/b24-14-. The van der Waals surface area contributed by atoms with Crippen LogP contribution >= 0.6 is 12.2 Å². The van der Waals surface area contributed by atoms with Crippen molar-refractivity contribution in [2.45, 2.75) is 13.8 Å². The quantitative estimate of drug-likeness (QED) is 0.225. The number of hydrogen-bond donors (Lipinski definition) is 2. The van der Waals surface area contributed by atoms with Gasteiger partial charge in [-0.15, -0.1) is 0 Å². The molecule has 0 aliphatic heterocycles. The molecule has 0 heterocycles. The monoisotopic (exact) mass is 391 g/mol. The molecule has 0 aliphatic carbocycles. The predicted molar refractivity (Wildman–Crippen MR) is 117 cm³/mol. The molecule has 0 spiro atoms. The summed E-state index contributed by atoms with van der Waals surface area (Å²) in [6, 6.07) is 18.8. The Balaban J connectivity index is 1.94. The Morgan fingerprint density at radius 3 is 2.75 bits per heavy atom. The van der Waals surface area contributed by atoms with Gasteiger partial charge in [-0.1, -0.05) is 48.0 Å². The zero-order valence-corrected chi connectivity index (χ0v) is 16.5. The Bertz CT molecular complexity index is 1050. The van der Waals surface area contributed by atoms with Crippen LogP contribution in [0.3, 0.4) is 0 Å². The van der Waals surface area contributed by atoms with E-state index in [9.17, 15) is 4.79 Å². The van der Waals surface area contributed by atoms with Crippen molar-refractivity contribution in [3.63, 3.8) is 0 Å². The zero-order chi connectivity index (χ0) is 19.9. The Labute approximate surface area is 169 Å². The topological polar surface area (TPSA) is 62.7 Å². The van der Waals surface area contributed by atoms with Gasteiger partial charge in [0.05, 0.1) is 11.8 Å². The molecule has 0 radical (unpaired) electrons. The molecule has 0 atom stereocenters. The molecule has 3 aromatic rings. The molecule has 0 fully saturated rings. The van der Waals surface area contributed by atoms with Crippen molar-refractivity contribution in [2.24, 2.45) is 5.10 Å². The normalized spacial score (nSPS) is 10.8. The van der Waals surface area contributed by atoms with Gasteiger partial charge in [0, 0.05) is 12.1 Å². The van der Waals surface area contributed by atoms with E-state index >= 15 is 0 Å². The molecule has 0 aliphatic rings. The number of thiocarbonyl (C=S) groups is 1. The number of hydrogen-bond acceptors (Lipinski definition) is 4. The minimum absolute atomic E-state index is 0.412. The fourth-order valence-corrected chi connectivity index (χ4v) is 2.98. The van der Waals surface area contributed by atoms with Crippen LogP contribution in [0.5, 0.6) is 5.75 Å². The third-order valence-corrected chi connectivity index (χ3v) is 4.32. The van der Waals surface area contributed by atoms with Gasteiger partial charge in [-0.05, 0) is 55.0 Å². The van der Waals surface area contributed by atoms with E-state index in [1.54, 1.807) is 24.4 Å². The average Bonchev–Trinajstić information content (AvgIpc) is 2.69. The summed E-state index contributed by atoms with van der Waals surface area (Å²) >= 11 is 5.12. The molecule has 0 unspecified atom stereocenters. The molecule has 5 nitrogen and oxygen atoms in total. The van der Waals surface area contributed by atoms with E-state index < -0.39 is 5.97 Å². The molecule has 142 valence electrons. The van der Waals surface area contributed by atoms with Crippen LogP contribution in [-0.2, 0) is 0 Å². The van der Waals surface area contributed by atoms with Crippen LogP contribution in [0, 0.1) is 6.92 Å². The first kappa shape index (κ1) is 19.5. The van der Waals surface area contributed by atoms with E-state index in [0.29, 0.717) is 28.5 Å². The summed E-state index contributed by atoms with van der Waals surface area (Å²) in [5.41, 5.74) is 4.96. The maximum Gasteiger partial charge on any atom is 0.343 e. The van der Waals surface area contributed by atoms with Gasteiger partial charge in [0.15, 0.2) is 5.11 Å². The molecule has 0 saturated heterocycles. The molecule has 0 aromatic heterocycles. The van der Waals surface area contributed by atoms with Crippen molar-refractivity contribution in [1.29, 1.82) is 0 Å². The van der Waals surface area contributed by atoms with Gasteiger partial charge in [0.2, 0.25) is 0 Å². The number of aryl methyl sites for hydroxylation is 1. The maximum atomic E-state index is 12.6. The summed E-state index contributed by atoms with van der Waals surface area (Å²) in [6.07, 6.45) is 1.62. The first-order chi connectivity index (χ1) is 13.6. The van der Waals surface area contributed by atoms with Crippen molar-refractivity contribution in [1.82, 2.24) is 10.7 Å². The molecule has 0 amide bonds. The second-order valence-corrected chi connectivity index (χ2v) is 6.60. The summed E-state index contributed by atoms with van der Waals surface area (Å²) in [5.74, 6) is 0.0230. The van der Waals surface area contributed by atoms with Gasteiger partial charge in [0.25, 0.3) is 0 Å². The molecule has 28 heavy (non-hydrogen) atoms. The zero-order valence-electron chi connectivity index (χ0n) is 15.7. The number of hydrazone groups is 1. The molecular formula is C22H21N3O2S. The Morgan fingerprint density at radius 2 is 1.96 bits per heavy atom. The number of ether oxygens (including phenoxy) is 1. The average molecular weight is 391 g/mol. The van der Waals surface area contributed by atoms with Gasteiger partial charge < -0.3 is 10.1 Å². The number of carbonyl (C=O) groups excluding carboxylic acids is 1. The fourth-order valence-electron chi connectivity index (χ4n) is 2.78. The SMILES string of the molecule is CCNC(=S)N/N=C\c1c(OC(=O)c2cccc(C)c2)ccc2ccccc12. The summed E-state index contributed by atoms with van der Waals surface area (Å²) in [7, 11) is 0. The Morgan fingerprint density at radius 1 is 1.14 bits per heavy atom. The number of benzene rings is 3. The van der Waals surface area contributed by atoms with Gasteiger partial charge in [-0.25, -0.2) is 4.79 Å². The lowest BCUT2D eigenvalue weighted by Crippen LogP contribution is -2.31. The third kappa shape index (κ3) is 4.72. The second kappa shape index (κ2) is 9.10. The van der Waals surface area contributed by atoms with Crippen molar-refractivity contribution >= 4 is 40.3 Å². The summed E-state index contributed by atoms with van der Waals surface area (Å²) in [4.78, 5) is 12.6. The Kier molecular flexibility index (Phi) is 6.34. The van der Waals surface area contributed by atoms with E-state index in [1.807, 2.05) is 56.3 Å². The van der Waals surface area contributed by atoms with Crippen molar-refractivity contribution in [3.8, 4) is 5.75 Å². The molecule has 3 aromatic carbocycles. The third-order valence-electron chi connectivity index (χ3n) is 4.08. The van der Waals surface area contributed by atoms with Crippen LogP contribution < -0.4 is 15.5 Å². The lowest BCUT2D eigenvalue weighted by atomic mass is 10.0. The maximum absolute atomic E-state index is 12.6. The van der Waals surface area contributed by atoms with Crippen LogP contribution in [0.1, 0.15) is 28.4 Å². The van der Waals surface area contributed by atoms with Crippen molar-refractivity contribution < 1.29 is 9.53 Å². The smallest absolute Gasteiger partial charge is 0.343 e. The van der Waals surface area contributed by atoms with E-state index in [4.69, 9.17) is 17.0 Å². The van der Waals surface area contributed by atoms with E-state index in [0.717, 1.165) is 16.3 Å². The van der Waals surface area contributed by atoms with Crippen LogP contribution in [0.15, 0.2) is 65.8 Å². The highest BCUT2D eigenvalue weighted by Gasteiger charge is 2.13. The first-order valence-corrected chi connectivity index (χ1v) is 9.37. The molecular weight excluding hydrogens is 370 g/mol. The number of nitrogens with zero attached hydrogens (tertiary/aromatic N) is 1. The molecule has 0 saturated carbocycles. The second-order valence-electron chi connectivity index (χ2n) is 6.19. The predicted octanol–water partition coefficient (Wildman–Crippen LogP) is 4.19. The molecule has 0 bridgehead atoms. The number of nitrogens with one attached hydrogen (secondary N) is 2. The van der Waals surface area contributed by atoms with Crippen LogP contribution in [0.4, 0.5) is 0 Å². The number of carbonyl (C=O) groups is 1. The lowest BCUT2D eigenvalue weighted by Gasteiger charge is -2.11. The van der Waals surface area contributed by atoms with Crippen LogP contribution in [0.2, 0.25) is 0 Å². The largest absolute Gasteiger partial charge is 0.422 e. The van der Waals surface area contributed by atoms with Gasteiger partial charge in [0.1, 0.15) is 5.75 Å². The highest BCUT2D eigenvalue weighted by atomic mass is 32.1. The summed E-state index contributed by atoms with van der Waals surface area (Å²) in [5, 5.41) is 9.54. The minimum Gasteiger partial charge on any atom is -0.422 e. The molecule has 2 N–H and O–H groups in total. The van der Waals surface area contributed by atoms with Gasteiger partial charge in [-0.2, -0.15) is 5.10 Å². The number of fused-ring (bicyclic) bond motifs is 1. The van der Waals surface area contributed by atoms with Crippen molar-refractivity contribution in [2.75, 3.05) is 6.54 Å². The molecule has 6 heteroatoms. The van der Waals surface area contributed by atoms with E-state index in [-0.39, 0.29) is 0 Å². The van der Waals surface area contributed by atoms with Crippen LogP contribution in [0.25, 0.3) is 10.8 Å². The first-order valence-electron chi connectivity index (χ1n) is 8.96. The van der Waals surface area contributed by atoms with Gasteiger partial charge >= 0.3 is 5.97 Å². The minimum atomic E-state index is -0.412.